The molecule has 0 aromatic heterocycles. The van der Waals surface area contributed by atoms with Crippen molar-refractivity contribution < 1.29 is 39.0 Å². The fraction of sp³-hybridized carbons (Fsp3) is 0.750. The van der Waals surface area contributed by atoms with Gasteiger partial charge in [0, 0.05) is 13.0 Å². The maximum absolute atomic E-state index is 13.1. The second-order valence-corrected chi connectivity index (χ2v) is 9.53. The molecular formula is C24H43N7O8. The van der Waals surface area contributed by atoms with Crippen molar-refractivity contribution in [3.63, 3.8) is 0 Å². The number of unbranched alkanes of at least 4 members (excludes halogenated alkanes) is 2. The third-order valence-electron chi connectivity index (χ3n) is 6.41. The number of likely N-dealkylation sites (tertiary alicyclic amines) is 1. The number of aliphatic carboxylic acids is 2. The summed E-state index contributed by atoms with van der Waals surface area (Å²) in [5, 5.41) is 26.0. The summed E-state index contributed by atoms with van der Waals surface area (Å²) >= 11 is 0. The highest BCUT2D eigenvalue weighted by Crippen LogP contribution is 2.20. The van der Waals surface area contributed by atoms with E-state index in [1.165, 1.54) is 0 Å². The Morgan fingerprint density at radius 3 is 2.08 bits per heavy atom. The van der Waals surface area contributed by atoms with Crippen LogP contribution in [-0.4, -0.2) is 101 Å². The molecule has 1 fully saturated rings. The van der Waals surface area contributed by atoms with Crippen LogP contribution in [0.1, 0.15) is 64.2 Å². The number of carboxylic acids is 2. The molecule has 1 saturated heterocycles. The Kier molecular flexibility index (Phi) is 15.6. The molecule has 0 bridgehead atoms. The van der Waals surface area contributed by atoms with Crippen molar-refractivity contribution in [2.45, 2.75) is 88.4 Å². The zero-order valence-electron chi connectivity index (χ0n) is 22.2. The van der Waals surface area contributed by atoms with Crippen LogP contribution in [0, 0.1) is 0 Å². The van der Waals surface area contributed by atoms with E-state index >= 15 is 0 Å². The first-order valence-electron chi connectivity index (χ1n) is 13.3. The number of carbonyl (C=O) groups excluding carboxylic acids is 4. The maximum Gasteiger partial charge on any atom is 0.326 e. The second kappa shape index (κ2) is 18.1. The van der Waals surface area contributed by atoms with Gasteiger partial charge in [-0.15, -0.1) is 0 Å². The van der Waals surface area contributed by atoms with E-state index in [0.717, 1.165) is 4.90 Å². The van der Waals surface area contributed by atoms with E-state index < -0.39 is 72.7 Å². The zero-order chi connectivity index (χ0) is 29.4. The molecular weight excluding hydrogens is 514 g/mol. The highest BCUT2D eigenvalue weighted by molar-refractivity contribution is 5.94. The Balaban J connectivity index is 2.88. The molecule has 4 amide bonds. The lowest BCUT2D eigenvalue weighted by molar-refractivity contribution is -0.150. The minimum atomic E-state index is -1.30. The standard InChI is InChI=1S/C24H43N7O8/c25-11-3-1-6-15(27)21(35)28-14-19(32)29-16(7-2-4-12-26)22(36)30-17(9-10-20(33)34)23(37)31-13-5-8-18(31)24(38)39/h15-18H,1-14,25-27H2,(H,28,35)(H,29,32)(H,30,36)(H,33,34)(H,38,39). The molecule has 0 saturated carbocycles. The minimum Gasteiger partial charge on any atom is -0.481 e. The number of nitrogens with zero attached hydrogens (tertiary/aromatic N) is 1. The average Bonchev–Trinajstić information content (AvgIpc) is 3.39. The van der Waals surface area contributed by atoms with Gasteiger partial charge in [-0.3, -0.25) is 24.0 Å². The van der Waals surface area contributed by atoms with Crippen molar-refractivity contribution in [2.75, 3.05) is 26.2 Å². The number of hydrogen-bond acceptors (Lipinski definition) is 9. The van der Waals surface area contributed by atoms with Crippen molar-refractivity contribution in [1.82, 2.24) is 20.9 Å². The van der Waals surface area contributed by atoms with Gasteiger partial charge in [0.25, 0.3) is 0 Å². The summed E-state index contributed by atoms with van der Waals surface area (Å²) in [6.45, 7) is 0.566. The number of rotatable bonds is 19. The normalized spacial score (nSPS) is 17.1. The number of carbonyl (C=O) groups is 6. The van der Waals surface area contributed by atoms with Crippen LogP contribution in [0.25, 0.3) is 0 Å². The summed E-state index contributed by atoms with van der Waals surface area (Å²) in [5.41, 5.74) is 16.8. The van der Waals surface area contributed by atoms with Crippen LogP contribution in [0.2, 0.25) is 0 Å². The Labute approximate surface area is 227 Å². The largest absolute Gasteiger partial charge is 0.481 e. The van der Waals surface area contributed by atoms with Gasteiger partial charge in [0.05, 0.1) is 12.6 Å². The van der Waals surface area contributed by atoms with E-state index in [1.807, 2.05) is 0 Å². The third-order valence-corrected chi connectivity index (χ3v) is 6.41. The van der Waals surface area contributed by atoms with Crippen LogP contribution in [0.15, 0.2) is 0 Å². The van der Waals surface area contributed by atoms with Gasteiger partial charge in [-0.2, -0.15) is 0 Å². The monoisotopic (exact) mass is 557 g/mol. The zero-order valence-corrected chi connectivity index (χ0v) is 22.2. The van der Waals surface area contributed by atoms with Gasteiger partial charge in [0.1, 0.15) is 18.1 Å². The second-order valence-electron chi connectivity index (χ2n) is 9.53. The van der Waals surface area contributed by atoms with Crippen LogP contribution < -0.4 is 33.2 Å². The lowest BCUT2D eigenvalue weighted by Gasteiger charge is -2.28. The van der Waals surface area contributed by atoms with Crippen LogP contribution in [-0.2, 0) is 28.8 Å². The predicted molar refractivity (Wildman–Crippen MR) is 140 cm³/mol. The Hall–Kier alpha value is -3.30. The topological polar surface area (TPSA) is 260 Å². The van der Waals surface area contributed by atoms with Crippen LogP contribution in [0.3, 0.4) is 0 Å². The summed E-state index contributed by atoms with van der Waals surface area (Å²) in [5.74, 6) is -4.99. The fourth-order valence-electron chi connectivity index (χ4n) is 4.23. The molecule has 1 aliphatic rings. The molecule has 39 heavy (non-hydrogen) atoms. The number of hydrogen-bond donors (Lipinski definition) is 8. The summed E-state index contributed by atoms with van der Waals surface area (Å²) < 4.78 is 0. The third kappa shape index (κ3) is 12.4. The smallest absolute Gasteiger partial charge is 0.326 e. The molecule has 0 aromatic rings. The molecule has 0 aromatic carbocycles. The quantitative estimate of drug-likeness (QED) is 0.0776. The predicted octanol–water partition coefficient (Wildman–Crippen LogP) is -2.40. The van der Waals surface area contributed by atoms with E-state index in [0.29, 0.717) is 51.6 Å². The van der Waals surface area contributed by atoms with Gasteiger partial charge in [-0.1, -0.05) is 6.42 Å². The highest BCUT2D eigenvalue weighted by Gasteiger charge is 2.38. The summed E-state index contributed by atoms with van der Waals surface area (Å²) in [7, 11) is 0. The van der Waals surface area contributed by atoms with Crippen molar-refractivity contribution >= 4 is 35.6 Å². The van der Waals surface area contributed by atoms with Gasteiger partial charge in [-0.25, -0.2) is 4.79 Å². The van der Waals surface area contributed by atoms with Crippen molar-refractivity contribution in [1.29, 1.82) is 0 Å². The molecule has 15 heteroatoms. The van der Waals surface area contributed by atoms with Crippen LogP contribution in [0.5, 0.6) is 0 Å². The molecule has 1 rings (SSSR count). The van der Waals surface area contributed by atoms with Crippen LogP contribution >= 0.6 is 0 Å². The summed E-state index contributed by atoms with van der Waals surface area (Å²) in [4.78, 5) is 74.8. The van der Waals surface area contributed by atoms with Crippen LogP contribution in [0.4, 0.5) is 0 Å². The van der Waals surface area contributed by atoms with Gasteiger partial charge < -0.3 is 48.3 Å². The maximum atomic E-state index is 13.1. The average molecular weight is 558 g/mol. The first kappa shape index (κ1) is 33.7. The molecule has 15 nitrogen and oxygen atoms in total. The van der Waals surface area contributed by atoms with E-state index in [9.17, 15) is 33.9 Å². The molecule has 0 aliphatic carbocycles. The van der Waals surface area contributed by atoms with Gasteiger partial charge in [0.15, 0.2) is 0 Å². The lowest BCUT2D eigenvalue weighted by Crippen LogP contribution is -2.56. The van der Waals surface area contributed by atoms with Gasteiger partial charge in [-0.05, 0) is 64.5 Å². The Morgan fingerprint density at radius 1 is 0.846 bits per heavy atom. The fourth-order valence-corrected chi connectivity index (χ4v) is 4.23. The molecule has 4 atom stereocenters. The summed E-state index contributed by atoms with van der Waals surface area (Å²) in [6, 6.07) is -4.27. The van der Waals surface area contributed by atoms with Crippen molar-refractivity contribution in [3.8, 4) is 0 Å². The Morgan fingerprint density at radius 2 is 1.49 bits per heavy atom. The van der Waals surface area contributed by atoms with Gasteiger partial charge >= 0.3 is 11.9 Å². The first-order valence-corrected chi connectivity index (χ1v) is 13.3. The summed E-state index contributed by atoms with van der Waals surface area (Å²) in [6.07, 6.45) is 2.98. The molecule has 11 N–H and O–H groups in total. The van der Waals surface area contributed by atoms with Crippen molar-refractivity contribution in [2.24, 2.45) is 17.2 Å². The van der Waals surface area contributed by atoms with E-state index in [-0.39, 0.29) is 25.8 Å². The van der Waals surface area contributed by atoms with Crippen molar-refractivity contribution in [3.05, 3.63) is 0 Å². The minimum absolute atomic E-state index is 0.167. The van der Waals surface area contributed by atoms with E-state index in [4.69, 9.17) is 22.3 Å². The highest BCUT2D eigenvalue weighted by atomic mass is 16.4. The number of amides is 4. The molecule has 0 spiro atoms. The molecule has 1 heterocycles. The molecule has 0 radical (unpaired) electrons. The van der Waals surface area contributed by atoms with E-state index in [1.54, 1.807) is 0 Å². The van der Waals surface area contributed by atoms with E-state index in [2.05, 4.69) is 16.0 Å². The number of nitrogens with one attached hydrogen (secondary N) is 3. The first-order chi connectivity index (χ1) is 18.5. The number of carboxylic acid groups (broad SMARTS) is 2. The molecule has 222 valence electrons. The molecule has 4 unspecified atom stereocenters. The van der Waals surface area contributed by atoms with Gasteiger partial charge in [0.2, 0.25) is 23.6 Å². The molecule has 1 aliphatic heterocycles. The lowest BCUT2D eigenvalue weighted by atomic mass is 10.1. The Bertz CT molecular complexity index is 856. The SMILES string of the molecule is NCCCCC(N)C(=O)NCC(=O)NC(CCCCN)C(=O)NC(CCC(=O)O)C(=O)N1CCCC1C(=O)O. The number of nitrogens with two attached hydrogens (primary N) is 3.